The van der Waals surface area contributed by atoms with Gasteiger partial charge in [0.05, 0.1) is 10.5 Å². The number of rotatable bonds is 4. The molecule has 0 radical (unpaired) electrons. The molecule has 1 N–H and O–H groups in total. The molecule has 1 fully saturated rings. The van der Waals surface area contributed by atoms with E-state index in [0.29, 0.717) is 32.0 Å². The first kappa shape index (κ1) is 21.6. The molecule has 0 aromatic heterocycles. The number of halogens is 3. The SMILES string of the molecule is Cc1ccc(C)c(NC(=O)C2CCN(c3ccc(C(F)(F)F)cc3[N+](=O)[O-])CC2)c1. The summed E-state index contributed by atoms with van der Waals surface area (Å²) in [5.74, 6) is -0.389. The summed E-state index contributed by atoms with van der Waals surface area (Å²) in [5, 5.41) is 14.3. The molecule has 2 aromatic rings. The Hall–Kier alpha value is -3.10. The van der Waals surface area contributed by atoms with Gasteiger partial charge in [0.1, 0.15) is 5.69 Å². The molecule has 30 heavy (non-hydrogen) atoms. The highest BCUT2D eigenvalue weighted by molar-refractivity contribution is 5.93. The Kier molecular flexibility index (Phi) is 6.00. The van der Waals surface area contributed by atoms with Gasteiger partial charge in [0.15, 0.2) is 0 Å². The van der Waals surface area contributed by atoms with Gasteiger partial charge >= 0.3 is 6.18 Å². The van der Waals surface area contributed by atoms with Crippen molar-refractivity contribution in [2.45, 2.75) is 32.9 Å². The summed E-state index contributed by atoms with van der Waals surface area (Å²) in [6.45, 7) is 4.53. The number of piperidine rings is 1. The Labute approximate surface area is 171 Å². The second-order valence-electron chi connectivity index (χ2n) is 7.53. The van der Waals surface area contributed by atoms with Crippen molar-refractivity contribution < 1.29 is 22.9 Å². The maximum atomic E-state index is 12.9. The van der Waals surface area contributed by atoms with E-state index in [1.807, 2.05) is 32.0 Å². The van der Waals surface area contributed by atoms with Gasteiger partial charge in [0, 0.05) is 30.8 Å². The Bertz CT molecular complexity index is 968. The molecule has 1 saturated heterocycles. The highest BCUT2D eigenvalue weighted by Crippen LogP contribution is 2.37. The van der Waals surface area contributed by atoms with E-state index >= 15 is 0 Å². The second-order valence-corrected chi connectivity index (χ2v) is 7.53. The third-order valence-corrected chi connectivity index (χ3v) is 5.36. The molecule has 0 saturated carbocycles. The van der Waals surface area contributed by atoms with E-state index in [2.05, 4.69) is 5.32 Å². The predicted octanol–water partition coefficient (Wildman–Crippen LogP) is 5.09. The van der Waals surface area contributed by atoms with Gasteiger partial charge in [-0.25, -0.2) is 0 Å². The summed E-state index contributed by atoms with van der Waals surface area (Å²) in [4.78, 5) is 24.8. The summed E-state index contributed by atoms with van der Waals surface area (Å²) in [6.07, 6.45) is -3.74. The lowest BCUT2D eigenvalue weighted by Crippen LogP contribution is -2.38. The van der Waals surface area contributed by atoms with Crippen LogP contribution >= 0.6 is 0 Å². The number of benzene rings is 2. The zero-order chi connectivity index (χ0) is 22.1. The van der Waals surface area contributed by atoms with Crippen LogP contribution < -0.4 is 10.2 Å². The number of hydrogen-bond acceptors (Lipinski definition) is 4. The van der Waals surface area contributed by atoms with Crippen LogP contribution in [-0.2, 0) is 11.0 Å². The predicted molar refractivity (Wildman–Crippen MR) is 108 cm³/mol. The highest BCUT2D eigenvalue weighted by atomic mass is 19.4. The number of nitro benzene ring substituents is 1. The largest absolute Gasteiger partial charge is 0.416 e. The van der Waals surface area contributed by atoms with Gasteiger partial charge < -0.3 is 10.2 Å². The number of nitrogens with one attached hydrogen (secondary N) is 1. The van der Waals surface area contributed by atoms with E-state index in [1.165, 1.54) is 0 Å². The number of hydrogen-bond donors (Lipinski definition) is 1. The molecule has 0 spiro atoms. The van der Waals surface area contributed by atoms with Crippen LogP contribution in [0.25, 0.3) is 0 Å². The van der Waals surface area contributed by atoms with E-state index in [9.17, 15) is 28.1 Å². The fraction of sp³-hybridized carbons (Fsp3) is 0.381. The summed E-state index contributed by atoms with van der Waals surface area (Å²) < 4.78 is 38.7. The van der Waals surface area contributed by atoms with E-state index in [1.54, 1.807) is 4.90 Å². The van der Waals surface area contributed by atoms with Gasteiger partial charge in [-0.05, 0) is 56.0 Å². The lowest BCUT2D eigenvalue weighted by molar-refractivity contribution is -0.384. The van der Waals surface area contributed by atoms with Crippen molar-refractivity contribution in [1.82, 2.24) is 0 Å². The van der Waals surface area contributed by atoms with Crippen LogP contribution in [0.4, 0.5) is 30.2 Å². The Morgan fingerprint density at radius 2 is 1.80 bits per heavy atom. The van der Waals surface area contributed by atoms with Crippen LogP contribution in [0.3, 0.4) is 0 Å². The number of aryl methyl sites for hydroxylation is 2. The third-order valence-electron chi connectivity index (χ3n) is 5.36. The lowest BCUT2D eigenvalue weighted by atomic mass is 9.95. The van der Waals surface area contributed by atoms with Crippen LogP contribution in [0.2, 0.25) is 0 Å². The molecule has 2 aromatic carbocycles. The van der Waals surface area contributed by atoms with Crippen LogP contribution in [0, 0.1) is 29.9 Å². The van der Waals surface area contributed by atoms with E-state index in [-0.39, 0.29) is 17.5 Å². The van der Waals surface area contributed by atoms with Crippen LogP contribution in [0.5, 0.6) is 0 Å². The molecular formula is C21H22F3N3O3. The van der Waals surface area contributed by atoms with E-state index in [0.717, 1.165) is 28.9 Å². The fourth-order valence-electron chi connectivity index (χ4n) is 3.60. The van der Waals surface area contributed by atoms with E-state index < -0.39 is 22.4 Å². The zero-order valence-corrected chi connectivity index (χ0v) is 16.6. The Morgan fingerprint density at radius 3 is 2.40 bits per heavy atom. The third kappa shape index (κ3) is 4.72. The second kappa shape index (κ2) is 8.33. The number of nitrogens with zero attached hydrogens (tertiary/aromatic N) is 2. The van der Waals surface area contributed by atoms with Crippen molar-refractivity contribution in [3.63, 3.8) is 0 Å². The molecule has 1 aliphatic heterocycles. The molecule has 0 bridgehead atoms. The monoisotopic (exact) mass is 421 g/mol. The smallest absolute Gasteiger partial charge is 0.366 e. The number of nitro groups is 1. The fourth-order valence-corrected chi connectivity index (χ4v) is 3.60. The highest BCUT2D eigenvalue weighted by Gasteiger charge is 2.35. The van der Waals surface area contributed by atoms with Crippen molar-refractivity contribution in [1.29, 1.82) is 0 Å². The standard InChI is InChI=1S/C21H22F3N3O3/c1-13-3-4-14(2)17(11-13)25-20(28)15-7-9-26(10-8-15)18-6-5-16(21(22,23)24)12-19(18)27(29)30/h3-6,11-12,15H,7-10H2,1-2H3,(H,25,28). The average molecular weight is 421 g/mol. The minimum Gasteiger partial charge on any atom is -0.366 e. The number of amides is 1. The number of anilines is 2. The molecular weight excluding hydrogens is 399 g/mol. The number of carbonyl (C=O) groups is 1. The normalized spacial score (nSPS) is 15.2. The van der Waals surface area contributed by atoms with Crippen LogP contribution in [0.15, 0.2) is 36.4 Å². The minimum absolute atomic E-state index is 0.120. The van der Waals surface area contributed by atoms with Gasteiger partial charge in [0.2, 0.25) is 5.91 Å². The lowest BCUT2D eigenvalue weighted by Gasteiger charge is -2.32. The molecule has 0 atom stereocenters. The molecule has 0 aliphatic carbocycles. The zero-order valence-electron chi connectivity index (χ0n) is 16.6. The average Bonchev–Trinajstić information content (AvgIpc) is 2.69. The minimum atomic E-state index is -4.65. The summed E-state index contributed by atoms with van der Waals surface area (Å²) in [6, 6.07) is 8.33. The molecule has 6 nitrogen and oxygen atoms in total. The summed E-state index contributed by atoms with van der Waals surface area (Å²) in [5.41, 5.74) is 1.23. The Balaban J connectivity index is 1.70. The Morgan fingerprint density at radius 1 is 1.13 bits per heavy atom. The number of carbonyl (C=O) groups excluding carboxylic acids is 1. The maximum absolute atomic E-state index is 12.9. The van der Waals surface area contributed by atoms with Crippen molar-refractivity contribution in [2.24, 2.45) is 5.92 Å². The van der Waals surface area contributed by atoms with Gasteiger partial charge in [-0.3, -0.25) is 14.9 Å². The number of alkyl halides is 3. The molecule has 160 valence electrons. The van der Waals surface area contributed by atoms with E-state index in [4.69, 9.17) is 0 Å². The van der Waals surface area contributed by atoms with Crippen molar-refractivity contribution >= 4 is 23.0 Å². The first-order chi connectivity index (χ1) is 14.1. The molecule has 1 amide bonds. The molecule has 9 heteroatoms. The molecule has 1 aliphatic rings. The molecule has 0 unspecified atom stereocenters. The van der Waals surface area contributed by atoms with Crippen LogP contribution in [0.1, 0.15) is 29.5 Å². The quantitative estimate of drug-likeness (QED) is 0.551. The van der Waals surface area contributed by atoms with Crippen LogP contribution in [-0.4, -0.2) is 23.9 Å². The van der Waals surface area contributed by atoms with Crippen molar-refractivity contribution in [3.8, 4) is 0 Å². The van der Waals surface area contributed by atoms with Gasteiger partial charge in [-0.15, -0.1) is 0 Å². The first-order valence-corrected chi connectivity index (χ1v) is 9.55. The maximum Gasteiger partial charge on any atom is 0.416 e. The molecule has 3 rings (SSSR count). The van der Waals surface area contributed by atoms with Crippen molar-refractivity contribution in [2.75, 3.05) is 23.3 Å². The van der Waals surface area contributed by atoms with Gasteiger partial charge in [0.25, 0.3) is 5.69 Å². The topological polar surface area (TPSA) is 75.5 Å². The van der Waals surface area contributed by atoms with Gasteiger partial charge in [-0.1, -0.05) is 12.1 Å². The summed E-state index contributed by atoms with van der Waals surface area (Å²) in [7, 11) is 0. The summed E-state index contributed by atoms with van der Waals surface area (Å²) >= 11 is 0. The first-order valence-electron chi connectivity index (χ1n) is 9.55. The molecule has 1 heterocycles. The van der Waals surface area contributed by atoms with Gasteiger partial charge in [-0.2, -0.15) is 13.2 Å². The van der Waals surface area contributed by atoms with Crippen molar-refractivity contribution in [3.05, 3.63) is 63.2 Å².